The molecule has 0 aromatic heterocycles. The van der Waals surface area contributed by atoms with Crippen molar-refractivity contribution in [3.63, 3.8) is 0 Å². The molecule has 18 heavy (non-hydrogen) atoms. The van der Waals surface area contributed by atoms with Crippen LogP contribution in [0, 0.1) is 0 Å². The Kier molecular flexibility index (Phi) is 7.63. The lowest BCUT2D eigenvalue weighted by molar-refractivity contribution is 0.182. The minimum atomic E-state index is 0.125. The molecule has 0 aliphatic carbocycles. The Morgan fingerprint density at radius 2 is 1.72 bits per heavy atom. The summed E-state index contributed by atoms with van der Waals surface area (Å²) in [4.78, 5) is 2.13. The van der Waals surface area contributed by atoms with E-state index in [1.807, 2.05) is 12.1 Å². The Morgan fingerprint density at radius 3 is 2.33 bits per heavy atom. The Bertz CT molecular complexity index is 361. The molecule has 0 saturated heterocycles. The third kappa shape index (κ3) is 5.55. The first-order chi connectivity index (χ1) is 8.67. The molecule has 0 radical (unpaired) electrons. The molecule has 1 rings (SSSR count). The molecule has 5 heteroatoms. The van der Waals surface area contributed by atoms with Crippen LogP contribution in [0.2, 0.25) is 10.0 Å². The molecule has 0 fully saturated rings. The lowest BCUT2D eigenvalue weighted by Crippen LogP contribution is -2.27. The minimum Gasteiger partial charge on any atom is -0.396 e. The van der Waals surface area contributed by atoms with Crippen LogP contribution in [0.3, 0.4) is 0 Å². The van der Waals surface area contributed by atoms with E-state index in [0.717, 1.165) is 31.5 Å². The number of aliphatic hydroxyl groups excluding tert-OH is 2. The maximum atomic E-state index is 9.03. The summed E-state index contributed by atoms with van der Waals surface area (Å²) in [5.74, 6) is 0. The molecule has 0 amide bonds. The highest BCUT2D eigenvalue weighted by molar-refractivity contribution is 6.42. The summed E-state index contributed by atoms with van der Waals surface area (Å²) >= 11 is 11.8. The predicted octanol–water partition coefficient (Wildman–Crippen LogP) is 2.56. The quantitative estimate of drug-likeness (QED) is 0.724. The third-order valence-electron chi connectivity index (χ3n) is 2.69. The lowest BCUT2D eigenvalue weighted by atomic mass is 10.2. The van der Waals surface area contributed by atoms with Crippen LogP contribution in [0.25, 0.3) is 0 Å². The molecule has 0 aliphatic rings. The monoisotopic (exact) mass is 291 g/mol. The molecule has 102 valence electrons. The van der Waals surface area contributed by atoms with Crippen molar-refractivity contribution < 1.29 is 10.2 Å². The average Bonchev–Trinajstić information content (AvgIpc) is 2.34. The molecule has 0 spiro atoms. The van der Waals surface area contributed by atoms with Gasteiger partial charge in [0.1, 0.15) is 0 Å². The fourth-order valence-corrected chi connectivity index (χ4v) is 2.08. The van der Waals surface area contributed by atoms with Crippen LogP contribution in [-0.4, -0.2) is 41.4 Å². The van der Waals surface area contributed by atoms with Crippen LogP contribution in [0.1, 0.15) is 18.4 Å². The number of rotatable bonds is 8. The van der Waals surface area contributed by atoms with Gasteiger partial charge in [0.25, 0.3) is 0 Å². The van der Waals surface area contributed by atoms with E-state index in [9.17, 15) is 0 Å². The van der Waals surface area contributed by atoms with E-state index in [1.165, 1.54) is 0 Å². The molecule has 0 atom stereocenters. The zero-order valence-electron chi connectivity index (χ0n) is 10.3. The first-order valence-electron chi connectivity index (χ1n) is 6.05. The molecule has 3 nitrogen and oxygen atoms in total. The van der Waals surface area contributed by atoms with Crippen molar-refractivity contribution in [3.8, 4) is 0 Å². The van der Waals surface area contributed by atoms with Crippen molar-refractivity contribution in [2.45, 2.75) is 19.4 Å². The number of aliphatic hydroxyl groups is 2. The smallest absolute Gasteiger partial charge is 0.0595 e. The Hall–Kier alpha value is -0.320. The normalized spacial score (nSPS) is 11.2. The highest BCUT2D eigenvalue weighted by Crippen LogP contribution is 2.23. The highest BCUT2D eigenvalue weighted by Gasteiger charge is 2.07. The summed E-state index contributed by atoms with van der Waals surface area (Å²) < 4.78 is 0. The summed E-state index contributed by atoms with van der Waals surface area (Å²) in [6, 6.07) is 5.56. The Morgan fingerprint density at radius 1 is 0.944 bits per heavy atom. The summed E-state index contributed by atoms with van der Waals surface area (Å²) in [6.45, 7) is 2.52. The fourth-order valence-electron chi connectivity index (χ4n) is 1.75. The number of unbranched alkanes of at least 4 members (excludes halogenated alkanes) is 1. The maximum Gasteiger partial charge on any atom is 0.0595 e. The van der Waals surface area contributed by atoms with E-state index >= 15 is 0 Å². The first-order valence-corrected chi connectivity index (χ1v) is 6.81. The van der Waals surface area contributed by atoms with Gasteiger partial charge in [-0.3, -0.25) is 4.90 Å². The van der Waals surface area contributed by atoms with Crippen LogP contribution < -0.4 is 0 Å². The second kappa shape index (κ2) is 8.73. The topological polar surface area (TPSA) is 43.7 Å². The summed E-state index contributed by atoms with van der Waals surface area (Å²) in [5, 5.41) is 18.9. The van der Waals surface area contributed by atoms with Gasteiger partial charge in [-0.05, 0) is 37.1 Å². The van der Waals surface area contributed by atoms with E-state index in [4.69, 9.17) is 33.4 Å². The minimum absolute atomic E-state index is 0.125. The van der Waals surface area contributed by atoms with E-state index in [-0.39, 0.29) is 13.2 Å². The Balaban J connectivity index is 2.55. The zero-order chi connectivity index (χ0) is 13.4. The largest absolute Gasteiger partial charge is 0.396 e. The lowest BCUT2D eigenvalue weighted by Gasteiger charge is -2.21. The number of nitrogens with zero attached hydrogens (tertiary/aromatic N) is 1. The van der Waals surface area contributed by atoms with Gasteiger partial charge < -0.3 is 10.2 Å². The SMILES string of the molecule is OCCCCN(CCO)Cc1ccc(Cl)c(Cl)c1. The molecular formula is C13H19Cl2NO2. The van der Waals surface area contributed by atoms with Crippen molar-refractivity contribution >= 4 is 23.2 Å². The van der Waals surface area contributed by atoms with Crippen molar-refractivity contribution in [2.24, 2.45) is 0 Å². The van der Waals surface area contributed by atoms with Gasteiger partial charge in [0.2, 0.25) is 0 Å². The van der Waals surface area contributed by atoms with Crippen LogP contribution in [0.5, 0.6) is 0 Å². The summed E-state index contributed by atoms with van der Waals surface area (Å²) in [5.41, 5.74) is 1.07. The van der Waals surface area contributed by atoms with Crippen LogP contribution in [0.4, 0.5) is 0 Å². The maximum absolute atomic E-state index is 9.03. The second-order valence-electron chi connectivity index (χ2n) is 4.18. The predicted molar refractivity (Wildman–Crippen MR) is 75.1 cm³/mol. The molecule has 1 aromatic rings. The zero-order valence-corrected chi connectivity index (χ0v) is 11.8. The molecule has 0 saturated carbocycles. The number of halogens is 2. The summed E-state index contributed by atoms with van der Waals surface area (Å²) in [7, 11) is 0. The Labute approximate surface area is 118 Å². The van der Waals surface area contributed by atoms with Gasteiger partial charge in [-0.15, -0.1) is 0 Å². The van der Waals surface area contributed by atoms with Crippen molar-refractivity contribution in [1.29, 1.82) is 0 Å². The molecule has 1 aromatic carbocycles. The molecule has 0 bridgehead atoms. The fraction of sp³-hybridized carbons (Fsp3) is 0.538. The average molecular weight is 292 g/mol. The highest BCUT2D eigenvalue weighted by atomic mass is 35.5. The van der Waals surface area contributed by atoms with Crippen LogP contribution in [-0.2, 0) is 6.54 Å². The van der Waals surface area contributed by atoms with Crippen LogP contribution in [0.15, 0.2) is 18.2 Å². The van der Waals surface area contributed by atoms with Gasteiger partial charge >= 0.3 is 0 Å². The van der Waals surface area contributed by atoms with Gasteiger partial charge in [0.05, 0.1) is 16.7 Å². The van der Waals surface area contributed by atoms with Gasteiger partial charge in [0.15, 0.2) is 0 Å². The molecular weight excluding hydrogens is 273 g/mol. The van der Waals surface area contributed by atoms with Crippen molar-refractivity contribution in [1.82, 2.24) is 4.90 Å². The van der Waals surface area contributed by atoms with E-state index in [0.29, 0.717) is 16.6 Å². The van der Waals surface area contributed by atoms with E-state index in [2.05, 4.69) is 4.90 Å². The van der Waals surface area contributed by atoms with Gasteiger partial charge in [-0.25, -0.2) is 0 Å². The first kappa shape index (κ1) is 15.7. The summed E-state index contributed by atoms with van der Waals surface area (Å²) in [6.07, 6.45) is 1.70. The third-order valence-corrected chi connectivity index (χ3v) is 3.43. The van der Waals surface area contributed by atoms with Crippen LogP contribution >= 0.6 is 23.2 Å². The molecule has 0 heterocycles. The molecule has 2 N–H and O–H groups in total. The van der Waals surface area contributed by atoms with Gasteiger partial charge in [-0.1, -0.05) is 29.3 Å². The van der Waals surface area contributed by atoms with Crippen molar-refractivity contribution in [3.05, 3.63) is 33.8 Å². The van der Waals surface area contributed by atoms with Gasteiger partial charge in [-0.2, -0.15) is 0 Å². The van der Waals surface area contributed by atoms with Crippen molar-refractivity contribution in [2.75, 3.05) is 26.3 Å². The van der Waals surface area contributed by atoms with E-state index in [1.54, 1.807) is 6.07 Å². The number of benzene rings is 1. The number of hydrogen-bond donors (Lipinski definition) is 2. The number of hydrogen-bond acceptors (Lipinski definition) is 3. The standard InChI is InChI=1S/C13H19Cl2NO2/c14-12-4-3-11(9-13(12)15)10-16(6-8-18)5-1-2-7-17/h3-4,9,17-18H,1-2,5-8,10H2. The molecule has 0 unspecified atom stereocenters. The second-order valence-corrected chi connectivity index (χ2v) is 4.99. The van der Waals surface area contributed by atoms with Gasteiger partial charge in [0, 0.05) is 19.7 Å². The van der Waals surface area contributed by atoms with E-state index < -0.39 is 0 Å². The molecule has 0 aliphatic heterocycles.